The van der Waals surface area contributed by atoms with Gasteiger partial charge in [-0.2, -0.15) is 0 Å². The average Bonchev–Trinajstić information content (AvgIpc) is 2.33. The van der Waals surface area contributed by atoms with Gasteiger partial charge in [0.25, 0.3) is 0 Å². The molecule has 3 heteroatoms. The number of aromatic nitrogens is 1. The number of Topliss-reactive ketones (excluding diaryl/α,β-unsaturated/α-hetero) is 1. The van der Waals surface area contributed by atoms with Gasteiger partial charge in [-0.1, -0.05) is 30.3 Å². The van der Waals surface area contributed by atoms with Crippen molar-refractivity contribution in [2.24, 2.45) is 0 Å². The zero-order chi connectivity index (χ0) is 12.3. The van der Waals surface area contributed by atoms with Gasteiger partial charge in [0.2, 0.25) is 0 Å². The van der Waals surface area contributed by atoms with E-state index < -0.39 is 0 Å². The summed E-state index contributed by atoms with van der Waals surface area (Å²) < 4.78 is 0. The quantitative estimate of drug-likeness (QED) is 0.817. The molecule has 1 aromatic carbocycles. The van der Waals surface area contributed by atoms with Gasteiger partial charge in [0, 0.05) is 12.6 Å². The highest BCUT2D eigenvalue weighted by Gasteiger charge is 2.11. The second kappa shape index (κ2) is 4.78. The normalized spacial score (nSPS) is 10.2. The average molecular weight is 226 g/mol. The highest BCUT2D eigenvalue weighted by molar-refractivity contribution is 6.01. The number of anilines is 1. The van der Waals surface area contributed by atoms with Crippen LogP contribution >= 0.6 is 0 Å². The molecule has 0 saturated heterocycles. The third-order valence-corrected chi connectivity index (χ3v) is 2.56. The van der Waals surface area contributed by atoms with Crippen LogP contribution in [0.3, 0.4) is 0 Å². The number of nitrogens with two attached hydrogens (primary N) is 1. The SMILES string of the molecule is Cc1cnc(N)c(C(=O)Cc2ccccc2)c1. The highest BCUT2D eigenvalue weighted by atomic mass is 16.1. The van der Waals surface area contributed by atoms with Crippen LogP contribution in [0.15, 0.2) is 42.6 Å². The Kier molecular flexibility index (Phi) is 3.19. The fraction of sp³-hybridized carbons (Fsp3) is 0.143. The first-order valence-electron chi connectivity index (χ1n) is 5.46. The molecule has 0 spiro atoms. The number of rotatable bonds is 3. The molecule has 0 atom stereocenters. The van der Waals surface area contributed by atoms with Gasteiger partial charge in [-0.25, -0.2) is 4.98 Å². The first-order valence-corrected chi connectivity index (χ1v) is 5.46. The molecule has 2 rings (SSSR count). The molecule has 0 aliphatic heterocycles. The molecule has 3 nitrogen and oxygen atoms in total. The molecule has 0 unspecified atom stereocenters. The van der Waals surface area contributed by atoms with Crippen molar-refractivity contribution in [3.05, 3.63) is 59.3 Å². The number of carbonyl (C=O) groups excluding carboxylic acids is 1. The zero-order valence-corrected chi connectivity index (χ0v) is 9.68. The molecule has 0 aliphatic rings. The van der Waals surface area contributed by atoms with Crippen LogP contribution in [0.1, 0.15) is 21.5 Å². The lowest BCUT2D eigenvalue weighted by Crippen LogP contribution is -2.08. The van der Waals surface area contributed by atoms with Crippen molar-refractivity contribution in [3.8, 4) is 0 Å². The van der Waals surface area contributed by atoms with Crippen LogP contribution < -0.4 is 5.73 Å². The molecule has 0 amide bonds. The summed E-state index contributed by atoms with van der Waals surface area (Å²) in [6, 6.07) is 11.4. The minimum absolute atomic E-state index is 0.00454. The summed E-state index contributed by atoms with van der Waals surface area (Å²) >= 11 is 0. The van der Waals surface area contributed by atoms with Crippen LogP contribution in [0.2, 0.25) is 0 Å². The summed E-state index contributed by atoms with van der Waals surface area (Å²) in [5, 5.41) is 0. The van der Waals surface area contributed by atoms with Gasteiger partial charge in [-0.05, 0) is 24.1 Å². The Morgan fingerprint density at radius 1 is 1.29 bits per heavy atom. The van der Waals surface area contributed by atoms with E-state index in [1.165, 1.54) is 0 Å². The molecule has 1 aromatic heterocycles. The predicted molar refractivity (Wildman–Crippen MR) is 67.9 cm³/mol. The largest absolute Gasteiger partial charge is 0.383 e. The van der Waals surface area contributed by atoms with Crippen molar-refractivity contribution in [1.82, 2.24) is 4.98 Å². The molecule has 17 heavy (non-hydrogen) atoms. The standard InChI is InChI=1S/C14H14N2O/c1-10-7-12(14(15)16-9-10)13(17)8-11-5-3-2-4-6-11/h2-7,9H,8H2,1H3,(H2,15,16). The smallest absolute Gasteiger partial charge is 0.170 e. The Morgan fingerprint density at radius 3 is 2.71 bits per heavy atom. The van der Waals surface area contributed by atoms with Crippen LogP contribution in [0, 0.1) is 6.92 Å². The lowest BCUT2D eigenvalue weighted by molar-refractivity contribution is 0.0993. The minimum atomic E-state index is 0.00454. The molecular formula is C14H14N2O. The second-order valence-electron chi connectivity index (χ2n) is 4.03. The molecule has 0 aliphatic carbocycles. The van der Waals surface area contributed by atoms with E-state index in [1.54, 1.807) is 12.3 Å². The number of benzene rings is 1. The van der Waals surface area contributed by atoms with Crippen LogP contribution in [0.5, 0.6) is 0 Å². The molecule has 86 valence electrons. The van der Waals surface area contributed by atoms with E-state index in [4.69, 9.17) is 5.73 Å². The Morgan fingerprint density at radius 2 is 2.00 bits per heavy atom. The van der Waals surface area contributed by atoms with Crippen LogP contribution in [-0.2, 0) is 6.42 Å². The van der Waals surface area contributed by atoms with E-state index >= 15 is 0 Å². The molecule has 2 N–H and O–H groups in total. The second-order valence-corrected chi connectivity index (χ2v) is 4.03. The van der Waals surface area contributed by atoms with Gasteiger partial charge in [0.1, 0.15) is 5.82 Å². The number of aryl methyl sites for hydroxylation is 1. The Labute approximate surface area is 100 Å². The van der Waals surface area contributed by atoms with Gasteiger partial charge in [0.05, 0.1) is 5.56 Å². The summed E-state index contributed by atoms with van der Waals surface area (Å²) in [5.41, 5.74) is 8.15. The number of nitrogen functional groups attached to an aromatic ring is 1. The van der Waals surface area contributed by atoms with E-state index in [0.29, 0.717) is 17.8 Å². The van der Waals surface area contributed by atoms with E-state index in [0.717, 1.165) is 11.1 Å². The Balaban J connectivity index is 2.23. The first kappa shape index (κ1) is 11.3. The van der Waals surface area contributed by atoms with E-state index in [2.05, 4.69) is 4.98 Å². The predicted octanol–water partition coefficient (Wildman–Crippen LogP) is 2.40. The minimum Gasteiger partial charge on any atom is -0.383 e. The lowest BCUT2D eigenvalue weighted by atomic mass is 10.0. The number of ketones is 1. The zero-order valence-electron chi connectivity index (χ0n) is 9.68. The molecule has 0 fully saturated rings. The Bertz CT molecular complexity index is 535. The van der Waals surface area contributed by atoms with Gasteiger partial charge >= 0.3 is 0 Å². The van der Waals surface area contributed by atoms with E-state index in [-0.39, 0.29) is 5.78 Å². The van der Waals surface area contributed by atoms with Gasteiger partial charge in [0.15, 0.2) is 5.78 Å². The summed E-state index contributed by atoms with van der Waals surface area (Å²) in [5.74, 6) is 0.307. The number of hydrogen-bond donors (Lipinski definition) is 1. The number of pyridine rings is 1. The van der Waals surface area contributed by atoms with Crippen molar-refractivity contribution in [1.29, 1.82) is 0 Å². The van der Waals surface area contributed by atoms with Crippen LogP contribution in [0.25, 0.3) is 0 Å². The molecule has 0 bridgehead atoms. The molecule has 2 aromatic rings. The fourth-order valence-electron chi connectivity index (χ4n) is 1.68. The van der Waals surface area contributed by atoms with Gasteiger partial charge < -0.3 is 5.73 Å². The maximum atomic E-state index is 12.1. The van der Waals surface area contributed by atoms with Gasteiger partial charge in [-0.3, -0.25) is 4.79 Å². The number of hydrogen-bond acceptors (Lipinski definition) is 3. The highest BCUT2D eigenvalue weighted by Crippen LogP contribution is 2.14. The number of carbonyl (C=O) groups is 1. The van der Waals surface area contributed by atoms with Crippen LogP contribution in [0.4, 0.5) is 5.82 Å². The topological polar surface area (TPSA) is 56.0 Å². The fourth-order valence-corrected chi connectivity index (χ4v) is 1.68. The van der Waals surface area contributed by atoms with E-state index in [9.17, 15) is 4.79 Å². The maximum absolute atomic E-state index is 12.1. The summed E-state index contributed by atoms with van der Waals surface area (Å²) in [7, 11) is 0. The van der Waals surface area contributed by atoms with E-state index in [1.807, 2.05) is 37.3 Å². The Hall–Kier alpha value is -2.16. The van der Waals surface area contributed by atoms with Crippen LogP contribution in [-0.4, -0.2) is 10.8 Å². The first-order chi connectivity index (χ1) is 8.16. The number of nitrogens with zero attached hydrogens (tertiary/aromatic N) is 1. The van der Waals surface area contributed by atoms with Gasteiger partial charge in [-0.15, -0.1) is 0 Å². The van der Waals surface area contributed by atoms with Crippen molar-refractivity contribution in [3.63, 3.8) is 0 Å². The summed E-state index contributed by atoms with van der Waals surface area (Å²) in [4.78, 5) is 16.1. The lowest BCUT2D eigenvalue weighted by Gasteiger charge is -2.05. The van der Waals surface area contributed by atoms with Crippen molar-refractivity contribution in [2.45, 2.75) is 13.3 Å². The molecule has 1 heterocycles. The van der Waals surface area contributed by atoms with Crippen molar-refractivity contribution < 1.29 is 4.79 Å². The van der Waals surface area contributed by atoms with Crippen molar-refractivity contribution in [2.75, 3.05) is 5.73 Å². The molecule has 0 saturated carbocycles. The summed E-state index contributed by atoms with van der Waals surface area (Å²) in [6.45, 7) is 1.89. The third-order valence-electron chi connectivity index (χ3n) is 2.56. The third kappa shape index (κ3) is 2.69. The van der Waals surface area contributed by atoms with Crippen molar-refractivity contribution >= 4 is 11.6 Å². The molecule has 0 radical (unpaired) electrons. The summed E-state index contributed by atoms with van der Waals surface area (Å²) in [6.07, 6.45) is 2.02. The molecular weight excluding hydrogens is 212 g/mol. The monoisotopic (exact) mass is 226 g/mol. The maximum Gasteiger partial charge on any atom is 0.170 e.